The first-order valence-corrected chi connectivity index (χ1v) is 43.6. The van der Waals surface area contributed by atoms with Crippen LogP contribution in [0.5, 0.6) is 0 Å². The van der Waals surface area contributed by atoms with Gasteiger partial charge in [0, 0.05) is 130 Å². The zero-order valence-electron chi connectivity index (χ0n) is 75.4. The van der Waals surface area contributed by atoms with Gasteiger partial charge in [0.2, 0.25) is 0 Å². The fourth-order valence-electron chi connectivity index (χ4n) is 13.7. The number of hydrogen-bond donors (Lipinski definition) is 0. The molecule has 0 unspecified atom stereocenters. The Morgan fingerprint density at radius 1 is 0.209 bits per heavy atom. The molecule has 672 valence electrons. The Morgan fingerprint density at radius 2 is 0.448 bits per heavy atom. The summed E-state index contributed by atoms with van der Waals surface area (Å²) in [5, 5.41) is 0. The Labute approximate surface area is 846 Å². The molecule has 0 aliphatic rings. The molecule has 8 aromatic heterocycles. The minimum Gasteiger partial charge on any atom is -0.305 e. The van der Waals surface area contributed by atoms with Crippen molar-refractivity contribution in [2.24, 2.45) is 5.92 Å². The monoisotopic (exact) mass is 2450 g/mol. The van der Waals surface area contributed by atoms with Gasteiger partial charge in [-0.1, -0.05) is 210 Å². The van der Waals surface area contributed by atoms with Crippen molar-refractivity contribution in [3.8, 4) is 135 Å². The van der Waals surface area contributed by atoms with Crippen molar-refractivity contribution in [3.63, 3.8) is 0 Å². The molecule has 8 heterocycles. The average Bonchev–Trinajstić information content (AvgIpc) is 0.841. The summed E-state index contributed by atoms with van der Waals surface area (Å²) >= 11 is 0. The Bertz CT molecular complexity index is 6150. The van der Waals surface area contributed by atoms with E-state index in [2.05, 4.69) is 263 Å². The summed E-state index contributed by atoms with van der Waals surface area (Å²) < 4.78 is 0. The fourth-order valence-corrected chi connectivity index (χ4v) is 13.7. The number of pyridine rings is 8. The van der Waals surface area contributed by atoms with Crippen LogP contribution in [-0.4, -0.2) is 39.9 Å². The number of nitrogens with zero attached hydrogens (tertiary/aromatic N) is 8. The summed E-state index contributed by atoms with van der Waals surface area (Å²) in [7, 11) is 0. The molecule has 0 saturated heterocycles. The molecular formula is C122H100Ir4N8-8. The van der Waals surface area contributed by atoms with Gasteiger partial charge in [-0.05, 0) is 187 Å². The predicted octanol–water partition coefficient (Wildman–Crippen LogP) is 30.2. The Kier molecular flexibility index (Phi) is 44.8. The number of rotatable bonds is 16. The van der Waals surface area contributed by atoms with Crippen LogP contribution < -0.4 is 0 Å². The molecule has 0 N–H and O–H groups in total. The zero-order chi connectivity index (χ0) is 89.8. The first-order valence-electron chi connectivity index (χ1n) is 43.6. The summed E-state index contributed by atoms with van der Waals surface area (Å²) in [5.41, 5.74) is 31.0. The third-order valence-corrected chi connectivity index (χ3v) is 20.5. The van der Waals surface area contributed by atoms with Crippen LogP contribution in [0.25, 0.3) is 135 Å². The summed E-state index contributed by atoms with van der Waals surface area (Å²) in [5.74, 6) is 1.25. The van der Waals surface area contributed by atoms with Crippen LogP contribution in [0.4, 0.5) is 0 Å². The molecule has 20 rings (SSSR count). The number of aryl methyl sites for hydroxylation is 2. The van der Waals surface area contributed by atoms with E-state index >= 15 is 0 Å². The molecule has 12 heteroatoms. The third kappa shape index (κ3) is 33.6. The van der Waals surface area contributed by atoms with Crippen molar-refractivity contribution in [3.05, 3.63) is 533 Å². The molecule has 0 aliphatic heterocycles. The quantitative estimate of drug-likeness (QED) is 0.0882. The molecule has 4 radical (unpaired) electrons. The predicted molar refractivity (Wildman–Crippen MR) is 537 cm³/mol. The van der Waals surface area contributed by atoms with Crippen molar-refractivity contribution < 1.29 is 80.4 Å². The van der Waals surface area contributed by atoms with Crippen molar-refractivity contribution >= 4 is 0 Å². The van der Waals surface area contributed by atoms with Gasteiger partial charge in [-0.2, -0.15) is 0 Å². The molecule has 134 heavy (non-hydrogen) atoms. The second-order valence-electron chi connectivity index (χ2n) is 30.8. The SMILES string of the molecule is CC(C)Cc1ccc(-c2ccnc(-c3[c-]cccc3)c2)cc1.CC(C)c1ccc(-c2ccnc(-c3[c-]cccc3)c2)cc1.CCc1ccc(-c2ccnc(-c3[c-]cccc3)c2)cc1.Cc1cccc(-c2ccnc(-c3[c-]cccc3)c2)c1.[Ir].[Ir].[Ir].[Ir].[c-]1ccccc1-c1ccccn1.[c-]1ccccc1-c1ccccn1.[c-]1ccccc1-c1ccccn1.[c-]1ccccc1-c1ccccn1. The average molecular weight is 2450 g/mol. The molecule has 20 aromatic rings. The van der Waals surface area contributed by atoms with Crippen molar-refractivity contribution in [1.82, 2.24) is 39.9 Å². The van der Waals surface area contributed by atoms with E-state index in [1.165, 1.54) is 66.8 Å². The molecule has 8 nitrogen and oxygen atoms in total. The van der Waals surface area contributed by atoms with Crippen LogP contribution in [0.2, 0.25) is 0 Å². The second kappa shape index (κ2) is 57.7. The number of benzene rings is 12. The third-order valence-electron chi connectivity index (χ3n) is 20.5. The number of hydrogen-bond acceptors (Lipinski definition) is 8. The van der Waals surface area contributed by atoms with Gasteiger partial charge in [0.1, 0.15) is 0 Å². The summed E-state index contributed by atoms with van der Waals surface area (Å²) in [4.78, 5) is 34.6. The molecular weight excluding hydrogens is 2350 g/mol. The van der Waals surface area contributed by atoms with Gasteiger partial charge in [-0.25, -0.2) is 0 Å². The second-order valence-corrected chi connectivity index (χ2v) is 30.8. The molecule has 0 aliphatic carbocycles. The van der Waals surface area contributed by atoms with Gasteiger partial charge in [0.05, 0.1) is 0 Å². The maximum Gasteiger partial charge on any atom is 0.0166 e. The largest absolute Gasteiger partial charge is 0.305 e. The van der Waals surface area contributed by atoms with Crippen LogP contribution in [0, 0.1) is 61.4 Å². The van der Waals surface area contributed by atoms with E-state index in [9.17, 15) is 0 Å². The topological polar surface area (TPSA) is 103 Å². The normalized spacial score (nSPS) is 9.97. The number of aromatic nitrogens is 8. The van der Waals surface area contributed by atoms with Gasteiger partial charge in [0.25, 0.3) is 0 Å². The van der Waals surface area contributed by atoms with E-state index in [0.717, 1.165) is 103 Å². The standard InChI is InChI=1S/C21H20N.C20H18N.C19H16N.C18H14N.4C11H8N.4Ir/c1-16(2)14-17-8-10-18(11-9-17)20-12-13-22-21(15-20)19-6-4-3-5-7-19;1-15(2)16-8-10-17(11-9-16)19-12-13-21-20(14-19)18-6-4-3-5-7-18;1-2-15-8-10-16(11-9-15)18-12-13-20-19(14-18)17-6-4-3-5-7-17;1-14-6-5-9-16(12-14)17-10-11-19-18(13-17)15-7-3-2-4-8-15;4*1-2-6-10(7-3-1)11-8-4-5-9-12-11;;;;/h3-6,8-13,15-16H,14H2,1-2H3;3-6,8-15H,1-2H3;3-6,8-14H,2H2,1H3;2-7,9-13H,1H3;4*1-6,8-9H;;;;/q8*-1;;;;. The minimum absolute atomic E-state index is 0. The van der Waals surface area contributed by atoms with Crippen LogP contribution in [0.1, 0.15) is 62.8 Å². The van der Waals surface area contributed by atoms with E-state index in [1.54, 1.807) is 24.8 Å². The van der Waals surface area contributed by atoms with E-state index in [-0.39, 0.29) is 80.4 Å². The molecule has 0 fully saturated rings. The molecule has 0 atom stereocenters. The van der Waals surface area contributed by atoms with Gasteiger partial charge in [-0.3, -0.25) is 0 Å². The minimum atomic E-state index is 0. The van der Waals surface area contributed by atoms with Crippen LogP contribution in [0.3, 0.4) is 0 Å². The van der Waals surface area contributed by atoms with Crippen LogP contribution in [0.15, 0.2) is 462 Å². The van der Waals surface area contributed by atoms with E-state index in [4.69, 9.17) is 0 Å². The van der Waals surface area contributed by atoms with Gasteiger partial charge in [-0.15, -0.1) is 287 Å². The Balaban J connectivity index is 0.000000173. The van der Waals surface area contributed by atoms with Gasteiger partial charge >= 0.3 is 0 Å². The van der Waals surface area contributed by atoms with E-state index < -0.39 is 0 Å². The van der Waals surface area contributed by atoms with Crippen molar-refractivity contribution in [1.29, 1.82) is 0 Å². The van der Waals surface area contributed by atoms with Crippen molar-refractivity contribution in [2.45, 2.75) is 60.3 Å². The zero-order valence-corrected chi connectivity index (χ0v) is 84.9. The first kappa shape index (κ1) is 104. The van der Waals surface area contributed by atoms with Gasteiger partial charge in [0.15, 0.2) is 0 Å². The molecule has 0 amide bonds. The maximum atomic E-state index is 4.46. The van der Waals surface area contributed by atoms with Crippen molar-refractivity contribution in [2.75, 3.05) is 0 Å². The molecule has 0 spiro atoms. The first-order chi connectivity index (χ1) is 64.0. The molecule has 12 aromatic carbocycles. The summed E-state index contributed by atoms with van der Waals surface area (Å²) in [6.07, 6.45) is 16.8. The summed E-state index contributed by atoms with van der Waals surface area (Å²) in [6.45, 7) is 13.2. The Hall–Kier alpha value is -13.6. The Morgan fingerprint density at radius 3 is 0.679 bits per heavy atom. The smallest absolute Gasteiger partial charge is 0.0166 e. The maximum absolute atomic E-state index is 4.46. The van der Waals surface area contributed by atoms with Crippen LogP contribution in [-0.2, 0) is 93.3 Å². The molecule has 0 bridgehead atoms. The molecule has 0 saturated carbocycles. The van der Waals surface area contributed by atoms with Crippen LogP contribution >= 0.6 is 0 Å². The van der Waals surface area contributed by atoms with E-state index in [1.807, 2.05) is 304 Å². The summed E-state index contributed by atoms with van der Waals surface area (Å²) in [6, 6.07) is 163. The van der Waals surface area contributed by atoms with E-state index in [0.29, 0.717) is 11.8 Å². The fraction of sp³-hybridized carbons (Fsp3) is 0.0820. The van der Waals surface area contributed by atoms with Gasteiger partial charge < -0.3 is 39.9 Å².